The first kappa shape index (κ1) is 14.3. The molecule has 6 nitrogen and oxygen atoms in total. The molecule has 10 heteroatoms. The van der Waals surface area contributed by atoms with E-state index in [4.69, 9.17) is 5.73 Å². The first-order valence-electron chi connectivity index (χ1n) is 5.19. The van der Waals surface area contributed by atoms with E-state index >= 15 is 0 Å². The number of nitrogens with two attached hydrogens (primary N) is 1. The SMILES string of the molecule is Cn1ncnc1Sc1nc(C(F)(F)F)ccc1C(N)=O. The molecule has 2 heterocycles. The Kier molecular flexibility index (Phi) is 3.66. The number of alkyl halides is 3. The van der Waals surface area contributed by atoms with Gasteiger partial charge in [-0.2, -0.15) is 18.3 Å². The molecule has 0 aliphatic heterocycles. The summed E-state index contributed by atoms with van der Waals surface area (Å²) < 4.78 is 39.3. The average Bonchev–Trinajstić information content (AvgIpc) is 2.73. The summed E-state index contributed by atoms with van der Waals surface area (Å²) in [5, 5.41) is 3.90. The summed E-state index contributed by atoms with van der Waals surface area (Å²) in [4.78, 5) is 18.5. The van der Waals surface area contributed by atoms with Gasteiger partial charge in [-0.1, -0.05) is 0 Å². The van der Waals surface area contributed by atoms with Crippen molar-refractivity contribution in [3.05, 3.63) is 29.7 Å². The quantitative estimate of drug-likeness (QED) is 0.928. The molecule has 0 spiro atoms. The second-order valence-corrected chi connectivity index (χ2v) is 4.64. The van der Waals surface area contributed by atoms with Gasteiger partial charge >= 0.3 is 6.18 Å². The summed E-state index contributed by atoms with van der Waals surface area (Å²) in [6.45, 7) is 0. The molecule has 2 aromatic rings. The lowest BCUT2D eigenvalue weighted by atomic mass is 10.2. The van der Waals surface area contributed by atoms with Crippen LogP contribution in [0.1, 0.15) is 16.1 Å². The molecular weight excluding hydrogens is 295 g/mol. The monoisotopic (exact) mass is 303 g/mol. The fourth-order valence-corrected chi connectivity index (χ4v) is 2.20. The van der Waals surface area contributed by atoms with Crippen molar-refractivity contribution in [1.29, 1.82) is 0 Å². The summed E-state index contributed by atoms with van der Waals surface area (Å²) in [7, 11) is 1.56. The van der Waals surface area contributed by atoms with E-state index in [1.807, 2.05) is 0 Å². The molecule has 0 aliphatic carbocycles. The van der Waals surface area contributed by atoms with Crippen LogP contribution in [-0.4, -0.2) is 25.7 Å². The van der Waals surface area contributed by atoms with Crippen molar-refractivity contribution in [2.45, 2.75) is 16.4 Å². The van der Waals surface area contributed by atoms with Crippen LogP contribution in [-0.2, 0) is 13.2 Å². The topological polar surface area (TPSA) is 86.7 Å². The van der Waals surface area contributed by atoms with Crippen LogP contribution >= 0.6 is 11.8 Å². The van der Waals surface area contributed by atoms with Crippen LogP contribution in [0.25, 0.3) is 0 Å². The van der Waals surface area contributed by atoms with Gasteiger partial charge in [0.05, 0.1) is 5.56 Å². The van der Waals surface area contributed by atoms with E-state index in [1.54, 1.807) is 7.05 Å². The van der Waals surface area contributed by atoms with Crippen LogP contribution in [0, 0.1) is 0 Å². The number of amides is 1. The number of halogens is 3. The van der Waals surface area contributed by atoms with Gasteiger partial charge in [0.1, 0.15) is 17.0 Å². The molecule has 0 unspecified atom stereocenters. The summed E-state index contributed by atoms with van der Waals surface area (Å²) in [6, 6.07) is 1.71. The van der Waals surface area contributed by atoms with Crippen LogP contribution in [0.2, 0.25) is 0 Å². The highest BCUT2D eigenvalue weighted by Gasteiger charge is 2.33. The van der Waals surface area contributed by atoms with Crippen LogP contribution in [0.3, 0.4) is 0 Å². The molecule has 0 fully saturated rings. The van der Waals surface area contributed by atoms with E-state index in [0.717, 1.165) is 17.8 Å². The fraction of sp³-hybridized carbons (Fsp3) is 0.200. The second kappa shape index (κ2) is 5.12. The number of carbonyl (C=O) groups is 1. The lowest BCUT2D eigenvalue weighted by Crippen LogP contribution is -2.16. The van der Waals surface area contributed by atoms with Gasteiger partial charge in [-0.05, 0) is 23.9 Å². The number of nitrogens with zero attached hydrogens (tertiary/aromatic N) is 4. The van der Waals surface area contributed by atoms with E-state index in [0.29, 0.717) is 11.2 Å². The molecule has 20 heavy (non-hydrogen) atoms. The molecule has 0 aromatic carbocycles. The minimum absolute atomic E-state index is 0.106. The molecule has 0 saturated heterocycles. The van der Waals surface area contributed by atoms with E-state index in [1.165, 1.54) is 11.0 Å². The molecule has 0 radical (unpaired) electrons. The van der Waals surface area contributed by atoms with Gasteiger partial charge in [0, 0.05) is 7.05 Å². The number of pyridine rings is 1. The van der Waals surface area contributed by atoms with Gasteiger partial charge in [-0.3, -0.25) is 4.79 Å². The molecule has 2 N–H and O–H groups in total. The molecule has 1 amide bonds. The van der Waals surface area contributed by atoms with Crippen molar-refractivity contribution in [2.24, 2.45) is 12.8 Å². The largest absolute Gasteiger partial charge is 0.433 e. The minimum Gasteiger partial charge on any atom is -0.366 e. The number of rotatable bonds is 3. The Balaban J connectivity index is 2.47. The zero-order valence-electron chi connectivity index (χ0n) is 10.0. The first-order valence-corrected chi connectivity index (χ1v) is 6.00. The first-order chi connectivity index (χ1) is 9.29. The van der Waals surface area contributed by atoms with Gasteiger partial charge in [0.2, 0.25) is 0 Å². The van der Waals surface area contributed by atoms with Gasteiger partial charge in [0.25, 0.3) is 5.91 Å². The van der Waals surface area contributed by atoms with E-state index in [2.05, 4.69) is 15.1 Å². The van der Waals surface area contributed by atoms with Crippen molar-refractivity contribution in [2.75, 3.05) is 0 Å². The zero-order valence-corrected chi connectivity index (χ0v) is 10.9. The number of hydrogen-bond acceptors (Lipinski definition) is 5. The highest BCUT2D eigenvalue weighted by atomic mass is 32.2. The number of carbonyl (C=O) groups excluding carboxylic acids is 1. The number of aryl methyl sites for hydroxylation is 1. The molecule has 0 bridgehead atoms. The highest BCUT2D eigenvalue weighted by molar-refractivity contribution is 7.99. The summed E-state index contributed by atoms with van der Waals surface area (Å²) >= 11 is 0.784. The van der Waals surface area contributed by atoms with Crippen molar-refractivity contribution in [1.82, 2.24) is 19.7 Å². The zero-order chi connectivity index (χ0) is 14.9. The lowest BCUT2D eigenvalue weighted by Gasteiger charge is -2.10. The second-order valence-electron chi connectivity index (χ2n) is 3.68. The predicted molar refractivity (Wildman–Crippen MR) is 62.9 cm³/mol. The predicted octanol–water partition coefficient (Wildman–Crippen LogP) is 1.48. The van der Waals surface area contributed by atoms with Crippen LogP contribution in [0.4, 0.5) is 13.2 Å². The molecule has 0 saturated carbocycles. The van der Waals surface area contributed by atoms with Crippen LogP contribution < -0.4 is 5.73 Å². The maximum atomic E-state index is 12.6. The third-order valence-corrected chi connectivity index (χ3v) is 3.33. The Hall–Kier alpha value is -2.10. The van der Waals surface area contributed by atoms with Crippen molar-refractivity contribution in [3.8, 4) is 0 Å². The normalized spacial score (nSPS) is 11.6. The average molecular weight is 303 g/mol. The standard InChI is InChI=1S/C10H8F3N5OS/c1-18-9(15-4-16-18)20-8-5(7(14)19)2-3-6(17-8)10(11,12)13/h2-4H,1H3,(H2,14,19). The van der Waals surface area contributed by atoms with Gasteiger partial charge < -0.3 is 5.73 Å². The van der Waals surface area contributed by atoms with Gasteiger partial charge in [-0.25, -0.2) is 14.6 Å². The molecule has 106 valence electrons. The summed E-state index contributed by atoms with van der Waals surface area (Å²) in [5.74, 6) is -0.865. The van der Waals surface area contributed by atoms with Crippen molar-refractivity contribution < 1.29 is 18.0 Å². The number of aromatic nitrogens is 4. The number of hydrogen-bond donors (Lipinski definition) is 1. The minimum atomic E-state index is -4.61. The summed E-state index contributed by atoms with van der Waals surface area (Å²) in [5.41, 5.74) is 3.91. The van der Waals surface area contributed by atoms with Crippen molar-refractivity contribution >= 4 is 17.7 Å². The fourth-order valence-electron chi connectivity index (χ4n) is 1.33. The van der Waals surface area contributed by atoms with Gasteiger partial charge in [-0.15, -0.1) is 0 Å². The molecule has 0 aliphatic rings. The molecular formula is C10H8F3N5OS. The van der Waals surface area contributed by atoms with Crippen molar-refractivity contribution in [3.63, 3.8) is 0 Å². The molecule has 2 aromatic heterocycles. The third kappa shape index (κ3) is 2.90. The maximum Gasteiger partial charge on any atom is 0.433 e. The van der Waals surface area contributed by atoms with E-state index < -0.39 is 17.8 Å². The highest BCUT2D eigenvalue weighted by Crippen LogP contribution is 2.32. The van der Waals surface area contributed by atoms with Gasteiger partial charge in [0.15, 0.2) is 5.16 Å². The lowest BCUT2D eigenvalue weighted by molar-refractivity contribution is -0.141. The van der Waals surface area contributed by atoms with E-state index in [-0.39, 0.29) is 10.6 Å². The van der Waals surface area contributed by atoms with E-state index in [9.17, 15) is 18.0 Å². The molecule has 2 rings (SSSR count). The number of primary amides is 1. The Labute approximate surface area is 115 Å². The Morgan fingerprint density at radius 1 is 1.40 bits per heavy atom. The Bertz CT molecular complexity index is 655. The Morgan fingerprint density at radius 3 is 2.60 bits per heavy atom. The third-order valence-electron chi connectivity index (χ3n) is 2.27. The summed E-state index contributed by atoms with van der Waals surface area (Å²) in [6.07, 6.45) is -3.37. The maximum absolute atomic E-state index is 12.6. The Morgan fingerprint density at radius 2 is 2.10 bits per heavy atom. The van der Waals surface area contributed by atoms with Crippen LogP contribution in [0.5, 0.6) is 0 Å². The smallest absolute Gasteiger partial charge is 0.366 e. The molecule has 0 atom stereocenters. The van der Waals surface area contributed by atoms with Crippen LogP contribution in [0.15, 0.2) is 28.6 Å².